The van der Waals surface area contributed by atoms with Gasteiger partial charge in [0.1, 0.15) is 0 Å². The fourth-order valence-electron chi connectivity index (χ4n) is 3.34. The number of hydrogen-bond donors (Lipinski definition) is 1. The topological polar surface area (TPSA) is 38.7 Å². The van der Waals surface area contributed by atoms with Crippen LogP contribution in [0.25, 0.3) is 0 Å². The van der Waals surface area contributed by atoms with E-state index in [1.165, 1.54) is 0 Å². The number of hydrogen-bond acceptors (Lipinski definition) is 3. The lowest BCUT2D eigenvalue weighted by atomic mass is 9.78. The second-order valence-corrected chi connectivity index (χ2v) is 5.24. The molecule has 5 atom stereocenters. The van der Waals surface area contributed by atoms with Gasteiger partial charge in [-0.05, 0) is 26.7 Å². The van der Waals surface area contributed by atoms with E-state index in [1.807, 2.05) is 0 Å². The molecule has 88 valence electrons. The molecule has 0 aromatic carbocycles. The van der Waals surface area contributed by atoms with Crippen molar-refractivity contribution in [3.05, 3.63) is 0 Å². The smallest absolute Gasteiger partial charge is 0.161 e. The van der Waals surface area contributed by atoms with E-state index >= 15 is 0 Å². The van der Waals surface area contributed by atoms with Crippen molar-refractivity contribution in [2.45, 2.75) is 64.6 Å². The van der Waals surface area contributed by atoms with E-state index in [9.17, 15) is 5.11 Å². The van der Waals surface area contributed by atoms with E-state index in [0.29, 0.717) is 5.92 Å². The van der Waals surface area contributed by atoms with Crippen molar-refractivity contribution in [1.82, 2.24) is 0 Å². The van der Waals surface area contributed by atoms with Gasteiger partial charge in [0, 0.05) is 11.8 Å². The summed E-state index contributed by atoms with van der Waals surface area (Å²) in [7, 11) is 0. The van der Waals surface area contributed by atoms with Crippen molar-refractivity contribution in [3.8, 4) is 0 Å². The zero-order valence-corrected chi connectivity index (χ0v) is 10.1. The van der Waals surface area contributed by atoms with Crippen LogP contribution in [0.15, 0.2) is 0 Å². The van der Waals surface area contributed by atoms with Gasteiger partial charge in [0.2, 0.25) is 0 Å². The summed E-state index contributed by atoms with van der Waals surface area (Å²) in [6.07, 6.45) is 1.71. The molecule has 1 N–H and O–H groups in total. The normalized spacial score (nSPS) is 48.2. The Bertz CT molecular complexity index is 239. The van der Waals surface area contributed by atoms with Crippen LogP contribution < -0.4 is 0 Å². The third-order valence-electron chi connectivity index (χ3n) is 3.96. The highest BCUT2D eigenvalue weighted by Crippen LogP contribution is 2.50. The van der Waals surface area contributed by atoms with E-state index in [2.05, 4.69) is 27.7 Å². The van der Waals surface area contributed by atoms with Gasteiger partial charge in [-0.15, -0.1) is 0 Å². The van der Waals surface area contributed by atoms with Gasteiger partial charge >= 0.3 is 0 Å². The molecule has 2 fully saturated rings. The lowest BCUT2D eigenvalue weighted by Gasteiger charge is -2.28. The van der Waals surface area contributed by atoms with Gasteiger partial charge in [0.05, 0.1) is 17.8 Å². The lowest BCUT2D eigenvalue weighted by Crippen LogP contribution is -2.35. The quantitative estimate of drug-likeness (QED) is 0.763. The molecule has 2 saturated heterocycles. The van der Waals surface area contributed by atoms with Crippen LogP contribution in [0, 0.1) is 11.8 Å². The highest BCUT2D eigenvalue weighted by atomic mass is 16.6. The second kappa shape index (κ2) is 3.72. The maximum Gasteiger partial charge on any atom is 0.161 e. The number of aliphatic hydroxyl groups excluding tert-OH is 1. The predicted molar refractivity (Wildman–Crippen MR) is 57.4 cm³/mol. The molecule has 15 heavy (non-hydrogen) atoms. The molecule has 0 aromatic rings. The molecule has 0 saturated carbocycles. The van der Waals surface area contributed by atoms with E-state index in [1.54, 1.807) is 0 Å². The average molecular weight is 214 g/mol. The average Bonchev–Trinajstić information content (AvgIpc) is 2.64. The monoisotopic (exact) mass is 214 g/mol. The highest BCUT2D eigenvalue weighted by molar-refractivity contribution is 5.03. The highest BCUT2D eigenvalue weighted by Gasteiger charge is 2.59. The summed E-state index contributed by atoms with van der Waals surface area (Å²) in [5, 5.41) is 9.95. The molecule has 2 rings (SSSR count). The molecule has 0 amide bonds. The molecule has 5 unspecified atom stereocenters. The van der Waals surface area contributed by atoms with Crippen LogP contribution in [0.5, 0.6) is 0 Å². The minimum absolute atomic E-state index is 0.162. The standard InChI is InChI=1S/C12H22O3/c1-5-7-9-10(8(6-2)14-7)12(3,4)15-11(9)13/h7-11,13H,5-6H2,1-4H3. The van der Waals surface area contributed by atoms with Crippen molar-refractivity contribution >= 4 is 0 Å². The summed E-state index contributed by atoms with van der Waals surface area (Å²) in [6, 6.07) is 0. The van der Waals surface area contributed by atoms with Crippen molar-refractivity contribution in [3.63, 3.8) is 0 Å². The lowest BCUT2D eigenvalue weighted by molar-refractivity contribution is -0.166. The van der Waals surface area contributed by atoms with Crippen molar-refractivity contribution in [1.29, 1.82) is 0 Å². The van der Waals surface area contributed by atoms with E-state index < -0.39 is 6.29 Å². The Morgan fingerprint density at radius 3 is 2.27 bits per heavy atom. The van der Waals surface area contributed by atoms with Gasteiger partial charge in [0.25, 0.3) is 0 Å². The SMILES string of the molecule is CCC1OC(CC)C2C1C(O)OC2(C)C. The first-order valence-corrected chi connectivity index (χ1v) is 6.02. The maximum absolute atomic E-state index is 9.95. The second-order valence-electron chi connectivity index (χ2n) is 5.24. The van der Waals surface area contributed by atoms with Crippen LogP contribution in [-0.4, -0.2) is 29.2 Å². The van der Waals surface area contributed by atoms with Crippen LogP contribution in [0.4, 0.5) is 0 Å². The molecule has 2 aliphatic rings. The molecule has 0 radical (unpaired) electrons. The van der Waals surface area contributed by atoms with Crippen molar-refractivity contribution in [2.75, 3.05) is 0 Å². The van der Waals surface area contributed by atoms with E-state index in [4.69, 9.17) is 9.47 Å². The summed E-state index contributed by atoms with van der Waals surface area (Å²) in [5.74, 6) is 0.498. The minimum Gasteiger partial charge on any atom is -0.374 e. The largest absolute Gasteiger partial charge is 0.374 e. The van der Waals surface area contributed by atoms with Crippen molar-refractivity contribution in [2.24, 2.45) is 11.8 Å². The van der Waals surface area contributed by atoms with Crippen LogP contribution >= 0.6 is 0 Å². The van der Waals surface area contributed by atoms with E-state index in [-0.39, 0.29) is 23.7 Å². The van der Waals surface area contributed by atoms with Crippen LogP contribution in [-0.2, 0) is 9.47 Å². The summed E-state index contributed by atoms with van der Waals surface area (Å²) in [4.78, 5) is 0. The predicted octanol–water partition coefficient (Wildman–Crippen LogP) is 1.93. The fourth-order valence-corrected chi connectivity index (χ4v) is 3.34. The van der Waals surface area contributed by atoms with E-state index in [0.717, 1.165) is 12.8 Å². The number of aliphatic hydroxyl groups is 1. The van der Waals surface area contributed by atoms with Crippen LogP contribution in [0.2, 0.25) is 0 Å². The molecular weight excluding hydrogens is 192 g/mol. The molecule has 2 aliphatic heterocycles. The third kappa shape index (κ3) is 1.61. The Labute approximate surface area is 91.8 Å². The van der Waals surface area contributed by atoms with Gasteiger partial charge in [-0.3, -0.25) is 0 Å². The maximum atomic E-state index is 9.95. The Balaban J connectivity index is 2.26. The minimum atomic E-state index is -0.647. The molecule has 0 aromatic heterocycles. The van der Waals surface area contributed by atoms with Crippen LogP contribution in [0.3, 0.4) is 0 Å². The summed E-state index contributed by atoms with van der Waals surface area (Å²) in [5.41, 5.74) is -0.255. The zero-order chi connectivity index (χ0) is 11.2. The Morgan fingerprint density at radius 2 is 1.73 bits per heavy atom. The first-order chi connectivity index (χ1) is 7.01. The number of fused-ring (bicyclic) bond motifs is 1. The number of rotatable bonds is 2. The molecule has 0 spiro atoms. The Morgan fingerprint density at radius 1 is 1.13 bits per heavy atom. The molecular formula is C12H22O3. The van der Waals surface area contributed by atoms with Crippen LogP contribution in [0.1, 0.15) is 40.5 Å². The van der Waals surface area contributed by atoms with Gasteiger partial charge in [-0.1, -0.05) is 13.8 Å². The third-order valence-corrected chi connectivity index (χ3v) is 3.96. The summed E-state index contributed by atoms with van der Waals surface area (Å²) >= 11 is 0. The summed E-state index contributed by atoms with van der Waals surface area (Å²) < 4.78 is 11.6. The summed E-state index contributed by atoms with van der Waals surface area (Å²) in [6.45, 7) is 8.37. The van der Waals surface area contributed by atoms with Crippen molar-refractivity contribution < 1.29 is 14.6 Å². The first-order valence-electron chi connectivity index (χ1n) is 6.02. The Kier molecular flexibility index (Phi) is 2.82. The molecule has 2 heterocycles. The zero-order valence-electron chi connectivity index (χ0n) is 10.1. The molecule has 3 heteroatoms. The Hall–Kier alpha value is -0.120. The van der Waals surface area contributed by atoms with Gasteiger partial charge in [-0.2, -0.15) is 0 Å². The first kappa shape index (κ1) is 11.4. The fraction of sp³-hybridized carbons (Fsp3) is 1.00. The van der Waals surface area contributed by atoms with Gasteiger partial charge < -0.3 is 14.6 Å². The molecule has 3 nitrogen and oxygen atoms in total. The van der Waals surface area contributed by atoms with Gasteiger partial charge in [0.15, 0.2) is 6.29 Å². The number of ether oxygens (including phenoxy) is 2. The van der Waals surface area contributed by atoms with Gasteiger partial charge in [-0.25, -0.2) is 0 Å². The molecule has 0 bridgehead atoms. The molecule has 0 aliphatic carbocycles.